The van der Waals surface area contributed by atoms with Gasteiger partial charge in [-0.05, 0) is 17.7 Å². The van der Waals surface area contributed by atoms with Gasteiger partial charge >= 0.3 is 0 Å². The number of piperazine rings is 1. The molecular formula is C16H21ClN2O. The standard InChI is InChI=1S/C16H21ClN2O/c1-2-3-8-18-9-11-19(12-10-18)13-16(20)14-4-6-15(17)7-5-14/h1,4-7,16,20H,3,8-13H2. The van der Waals surface area contributed by atoms with Gasteiger partial charge in [-0.15, -0.1) is 12.3 Å². The number of aliphatic hydroxyl groups excluding tert-OH is 1. The first-order valence-electron chi connectivity index (χ1n) is 7.01. The van der Waals surface area contributed by atoms with E-state index in [1.165, 1.54) is 0 Å². The molecule has 1 heterocycles. The summed E-state index contributed by atoms with van der Waals surface area (Å²) in [6.07, 6.45) is 5.64. The van der Waals surface area contributed by atoms with Crippen LogP contribution in [0, 0.1) is 12.3 Å². The summed E-state index contributed by atoms with van der Waals surface area (Å²) in [7, 11) is 0. The van der Waals surface area contributed by atoms with Crippen molar-refractivity contribution >= 4 is 11.6 Å². The Bertz CT molecular complexity index is 447. The van der Waals surface area contributed by atoms with E-state index in [0.717, 1.165) is 44.7 Å². The predicted octanol–water partition coefficient (Wildman–Crippen LogP) is 2.01. The largest absolute Gasteiger partial charge is 0.387 e. The van der Waals surface area contributed by atoms with Crippen molar-refractivity contribution in [2.24, 2.45) is 0 Å². The normalized spacial score (nSPS) is 18.6. The topological polar surface area (TPSA) is 26.7 Å². The molecule has 4 heteroatoms. The molecule has 0 radical (unpaired) electrons. The Labute approximate surface area is 126 Å². The van der Waals surface area contributed by atoms with Gasteiger partial charge in [0.1, 0.15) is 0 Å². The SMILES string of the molecule is C#CCCN1CCN(CC(O)c2ccc(Cl)cc2)CC1. The summed E-state index contributed by atoms with van der Waals surface area (Å²) >= 11 is 5.85. The van der Waals surface area contributed by atoms with Crippen molar-refractivity contribution in [3.8, 4) is 12.3 Å². The van der Waals surface area contributed by atoms with E-state index in [9.17, 15) is 5.11 Å². The van der Waals surface area contributed by atoms with Crippen LogP contribution in [-0.4, -0.2) is 54.2 Å². The number of terminal acetylenes is 1. The van der Waals surface area contributed by atoms with Gasteiger partial charge in [0.25, 0.3) is 0 Å². The zero-order valence-electron chi connectivity index (χ0n) is 11.6. The molecule has 0 saturated carbocycles. The molecule has 0 bridgehead atoms. The van der Waals surface area contributed by atoms with Crippen LogP contribution in [0.5, 0.6) is 0 Å². The van der Waals surface area contributed by atoms with Crippen LogP contribution in [0.2, 0.25) is 5.02 Å². The minimum atomic E-state index is -0.454. The van der Waals surface area contributed by atoms with E-state index in [4.69, 9.17) is 18.0 Å². The average Bonchev–Trinajstić information content (AvgIpc) is 2.47. The first-order valence-corrected chi connectivity index (χ1v) is 7.38. The molecule has 1 fully saturated rings. The van der Waals surface area contributed by atoms with E-state index in [1.807, 2.05) is 24.3 Å². The van der Waals surface area contributed by atoms with Crippen molar-refractivity contribution in [3.63, 3.8) is 0 Å². The fourth-order valence-electron chi connectivity index (χ4n) is 2.45. The molecule has 0 aromatic heterocycles. The quantitative estimate of drug-likeness (QED) is 0.841. The average molecular weight is 293 g/mol. The summed E-state index contributed by atoms with van der Waals surface area (Å²) < 4.78 is 0. The third kappa shape index (κ3) is 4.50. The molecule has 0 spiro atoms. The monoisotopic (exact) mass is 292 g/mol. The first-order chi connectivity index (χ1) is 9.69. The Hall–Kier alpha value is -1.05. The molecule has 1 aliphatic rings. The Morgan fingerprint density at radius 1 is 1.15 bits per heavy atom. The minimum Gasteiger partial charge on any atom is -0.387 e. The highest BCUT2D eigenvalue weighted by Gasteiger charge is 2.19. The number of benzene rings is 1. The lowest BCUT2D eigenvalue weighted by Gasteiger charge is -2.35. The molecule has 20 heavy (non-hydrogen) atoms. The van der Waals surface area contributed by atoms with E-state index in [0.29, 0.717) is 11.6 Å². The fraction of sp³-hybridized carbons (Fsp3) is 0.500. The van der Waals surface area contributed by atoms with Gasteiger partial charge in [0.05, 0.1) is 6.10 Å². The van der Waals surface area contributed by atoms with Gasteiger partial charge in [-0.2, -0.15) is 0 Å². The zero-order chi connectivity index (χ0) is 14.4. The van der Waals surface area contributed by atoms with Crippen molar-refractivity contribution < 1.29 is 5.11 Å². The van der Waals surface area contributed by atoms with Crippen LogP contribution in [0.15, 0.2) is 24.3 Å². The van der Waals surface area contributed by atoms with Crippen molar-refractivity contribution in [2.45, 2.75) is 12.5 Å². The number of hydrogen-bond acceptors (Lipinski definition) is 3. The second-order valence-corrected chi connectivity index (χ2v) is 5.60. The lowest BCUT2D eigenvalue weighted by molar-refractivity contribution is 0.0733. The zero-order valence-corrected chi connectivity index (χ0v) is 12.4. The Balaban J connectivity index is 1.77. The van der Waals surface area contributed by atoms with Crippen molar-refractivity contribution in [2.75, 3.05) is 39.3 Å². The molecule has 0 aliphatic carbocycles. The summed E-state index contributed by atoms with van der Waals surface area (Å²) in [5.74, 6) is 2.68. The number of rotatable bonds is 5. The van der Waals surface area contributed by atoms with E-state index in [2.05, 4.69) is 15.7 Å². The number of hydrogen-bond donors (Lipinski definition) is 1. The molecule has 1 N–H and O–H groups in total. The molecule has 1 atom stereocenters. The van der Waals surface area contributed by atoms with Crippen molar-refractivity contribution in [3.05, 3.63) is 34.9 Å². The number of nitrogens with zero attached hydrogens (tertiary/aromatic N) is 2. The summed E-state index contributed by atoms with van der Waals surface area (Å²) in [6.45, 7) is 5.66. The molecular weight excluding hydrogens is 272 g/mol. The Morgan fingerprint density at radius 3 is 2.35 bits per heavy atom. The number of halogens is 1. The fourth-order valence-corrected chi connectivity index (χ4v) is 2.58. The molecule has 0 amide bonds. The van der Waals surface area contributed by atoms with Crippen LogP contribution in [0.1, 0.15) is 18.1 Å². The van der Waals surface area contributed by atoms with Gasteiger partial charge in [0.2, 0.25) is 0 Å². The molecule has 1 unspecified atom stereocenters. The summed E-state index contributed by atoms with van der Waals surface area (Å²) in [5, 5.41) is 10.9. The van der Waals surface area contributed by atoms with Gasteiger partial charge < -0.3 is 5.11 Å². The molecule has 1 aliphatic heterocycles. The second-order valence-electron chi connectivity index (χ2n) is 5.16. The Morgan fingerprint density at radius 2 is 1.75 bits per heavy atom. The van der Waals surface area contributed by atoms with Gasteiger partial charge in [0.15, 0.2) is 0 Å². The van der Waals surface area contributed by atoms with Crippen LogP contribution < -0.4 is 0 Å². The smallest absolute Gasteiger partial charge is 0.0916 e. The number of β-amino-alcohol motifs (C(OH)–C–C–N with tert-alkyl or cyclic N) is 1. The number of aliphatic hydroxyl groups is 1. The van der Waals surface area contributed by atoms with E-state index in [-0.39, 0.29) is 0 Å². The van der Waals surface area contributed by atoms with Gasteiger partial charge in [-0.1, -0.05) is 23.7 Å². The predicted molar refractivity (Wildman–Crippen MR) is 82.7 cm³/mol. The first kappa shape index (κ1) is 15.3. The van der Waals surface area contributed by atoms with Gasteiger partial charge in [-0.25, -0.2) is 0 Å². The third-order valence-corrected chi connectivity index (χ3v) is 3.98. The third-order valence-electron chi connectivity index (χ3n) is 3.72. The summed E-state index contributed by atoms with van der Waals surface area (Å²) in [4.78, 5) is 4.68. The molecule has 1 saturated heterocycles. The van der Waals surface area contributed by atoms with Crippen molar-refractivity contribution in [1.82, 2.24) is 9.80 Å². The van der Waals surface area contributed by atoms with Gasteiger partial charge in [0, 0.05) is 50.7 Å². The molecule has 1 aromatic carbocycles. The molecule has 2 rings (SSSR count). The molecule has 3 nitrogen and oxygen atoms in total. The summed E-state index contributed by atoms with van der Waals surface area (Å²) in [5.41, 5.74) is 0.921. The lowest BCUT2D eigenvalue weighted by Crippen LogP contribution is -2.47. The van der Waals surface area contributed by atoms with Crippen LogP contribution in [-0.2, 0) is 0 Å². The van der Waals surface area contributed by atoms with E-state index in [1.54, 1.807) is 0 Å². The lowest BCUT2D eigenvalue weighted by atomic mass is 10.1. The highest BCUT2D eigenvalue weighted by atomic mass is 35.5. The van der Waals surface area contributed by atoms with Crippen LogP contribution >= 0.6 is 11.6 Å². The van der Waals surface area contributed by atoms with E-state index < -0.39 is 6.10 Å². The maximum Gasteiger partial charge on any atom is 0.0916 e. The second kappa shape index (κ2) is 7.66. The van der Waals surface area contributed by atoms with Crippen LogP contribution in [0.3, 0.4) is 0 Å². The highest BCUT2D eigenvalue weighted by molar-refractivity contribution is 6.30. The van der Waals surface area contributed by atoms with Gasteiger partial charge in [-0.3, -0.25) is 9.80 Å². The van der Waals surface area contributed by atoms with E-state index >= 15 is 0 Å². The van der Waals surface area contributed by atoms with Crippen molar-refractivity contribution in [1.29, 1.82) is 0 Å². The minimum absolute atomic E-state index is 0.454. The summed E-state index contributed by atoms with van der Waals surface area (Å²) in [6, 6.07) is 7.40. The molecule has 1 aromatic rings. The van der Waals surface area contributed by atoms with Crippen LogP contribution in [0.4, 0.5) is 0 Å². The molecule has 108 valence electrons. The maximum atomic E-state index is 10.2. The Kier molecular flexibility index (Phi) is 5.87. The highest BCUT2D eigenvalue weighted by Crippen LogP contribution is 2.18. The maximum absolute atomic E-state index is 10.2. The van der Waals surface area contributed by atoms with Crippen LogP contribution in [0.25, 0.3) is 0 Å².